The molecule has 2 atom stereocenters. The number of piperidine rings is 1. The molecule has 0 amide bonds. The zero-order valence-electron chi connectivity index (χ0n) is 11.9. The Morgan fingerprint density at radius 3 is 2.44 bits per heavy atom. The number of aromatic nitrogens is 2. The van der Waals surface area contributed by atoms with E-state index >= 15 is 0 Å². The van der Waals surface area contributed by atoms with Crippen LogP contribution in [0, 0.1) is 0 Å². The second-order valence-corrected chi connectivity index (χ2v) is 6.81. The van der Waals surface area contributed by atoms with Crippen LogP contribution in [0.3, 0.4) is 0 Å². The van der Waals surface area contributed by atoms with E-state index < -0.39 is 0 Å². The van der Waals surface area contributed by atoms with Crippen molar-refractivity contribution in [3.8, 4) is 0 Å². The molecular weight excluding hydrogens is 224 g/mol. The first kappa shape index (κ1) is 12.2. The molecule has 2 fully saturated rings. The molecule has 2 aliphatic rings. The van der Waals surface area contributed by atoms with Gasteiger partial charge in [0.25, 0.3) is 0 Å². The highest BCUT2D eigenvalue weighted by molar-refractivity contribution is 5.09. The Morgan fingerprint density at radius 2 is 1.94 bits per heavy atom. The molecule has 2 bridgehead atoms. The lowest BCUT2D eigenvalue weighted by Gasteiger charge is -2.59. The van der Waals surface area contributed by atoms with Crippen molar-refractivity contribution >= 4 is 0 Å². The Hall–Kier alpha value is -0.870. The third-order valence-electron chi connectivity index (χ3n) is 4.42. The van der Waals surface area contributed by atoms with Crippen LogP contribution >= 0.6 is 0 Å². The molecule has 2 saturated heterocycles. The van der Waals surface area contributed by atoms with Crippen molar-refractivity contribution in [1.82, 2.24) is 19.6 Å². The van der Waals surface area contributed by atoms with Crippen molar-refractivity contribution in [1.29, 1.82) is 0 Å². The molecule has 2 aliphatic heterocycles. The molecule has 0 N–H and O–H groups in total. The second-order valence-electron chi connectivity index (χ2n) is 6.81. The largest absolute Gasteiger partial charge is 0.295 e. The summed E-state index contributed by atoms with van der Waals surface area (Å²) >= 11 is 0. The van der Waals surface area contributed by atoms with Gasteiger partial charge in [-0.2, -0.15) is 5.10 Å². The molecule has 4 nitrogen and oxygen atoms in total. The minimum atomic E-state index is 0.317. The number of rotatable bonds is 2. The fourth-order valence-corrected chi connectivity index (χ4v) is 3.26. The molecule has 0 aromatic carbocycles. The zero-order chi connectivity index (χ0) is 12.9. The highest BCUT2D eigenvalue weighted by Gasteiger charge is 2.46. The first-order valence-electron chi connectivity index (χ1n) is 6.92. The minimum Gasteiger partial charge on any atom is -0.295 e. The van der Waals surface area contributed by atoms with E-state index in [1.54, 1.807) is 0 Å². The minimum absolute atomic E-state index is 0.317. The Morgan fingerprint density at radius 1 is 1.28 bits per heavy atom. The quantitative estimate of drug-likeness (QED) is 0.792. The van der Waals surface area contributed by atoms with Crippen molar-refractivity contribution in [3.63, 3.8) is 0 Å². The van der Waals surface area contributed by atoms with Crippen LogP contribution in [-0.4, -0.2) is 50.3 Å². The molecule has 2 unspecified atom stereocenters. The maximum absolute atomic E-state index is 4.26. The summed E-state index contributed by atoms with van der Waals surface area (Å²) in [6.45, 7) is 10.5. The summed E-state index contributed by atoms with van der Waals surface area (Å²) in [5, 5.41) is 4.26. The average molecular weight is 248 g/mol. The van der Waals surface area contributed by atoms with Gasteiger partial charge in [-0.25, -0.2) is 0 Å². The van der Waals surface area contributed by atoms with E-state index in [1.807, 2.05) is 17.9 Å². The summed E-state index contributed by atoms with van der Waals surface area (Å²) in [5.41, 5.74) is 1.66. The summed E-state index contributed by atoms with van der Waals surface area (Å²) in [6, 6.07) is 1.51. The molecule has 3 heterocycles. The van der Waals surface area contributed by atoms with Gasteiger partial charge in [-0.3, -0.25) is 14.5 Å². The molecule has 0 aliphatic carbocycles. The van der Waals surface area contributed by atoms with E-state index in [2.05, 4.69) is 41.9 Å². The Labute approximate surface area is 110 Å². The number of hydrogen-bond donors (Lipinski definition) is 0. The lowest BCUT2D eigenvalue weighted by molar-refractivity contribution is -0.0997. The van der Waals surface area contributed by atoms with Gasteiger partial charge in [-0.05, 0) is 27.2 Å². The number of piperazine rings is 1. The summed E-state index contributed by atoms with van der Waals surface area (Å²) in [6.07, 6.45) is 5.51. The first-order chi connectivity index (χ1) is 8.43. The maximum Gasteiger partial charge on any atom is 0.0534 e. The molecule has 4 heteroatoms. The first-order valence-corrected chi connectivity index (χ1v) is 6.92. The van der Waals surface area contributed by atoms with Crippen LogP contribution in [0.2, 0.25) is 0 Å². The fourth-order valence-electron chi connectivity index (χ4n) is 3.26. The summed E-state index contributed by atoms with van der Waals surface area (Å²) in [7, 11) is 1.99. The Balaban J connectivity index is 1.62. The maximum atomic E-state index is 4.26. The SMILES string of the molecule is Cn1cc(CN2C3CC2CN(C(C)(C)C)C3)cn1. The molecule has 3 rings (SSSR count). The van der Waals surface area contributed by atoms with Crippen LogP contribution in [0.1, 0.15) is 32.8 Å². The monoisotopic (exact) mass is 248 g/mol. The zero-order valence-corrected chi connectivity index (χ0v) is 11.9. The fraction of sp³-hybridized carbons (Fsp3) is 0.786. The van der Waals surface area contributed by atoms with Crippen molar-refractivity contribution in [2.75, 3.05) is 13.1 Å². The summed E-state index contributed by atoms with van der Waals surface area (Å²) in [4.78, 5) is 5.28. The molecule has 0 spiro atoms. The lowest BCUT2D eigenvalue weighted by Crippen LogP contribution is -2.70. The predicted octanol–water partition coefficient (Wildman–Crippen LogP) is 1.48. The smallest absolute Gasteiger partial charge is 0.0534 e. The number of likely N-dealkylation sites (tertiary alicyclic amines) is 2. The van der Waals surface area contributed by atoms with Gasteiger partial charge in [0, 0.05) is 56.1 Å². The number of hydrogen-bond acceptors (Lipinski definition) is 3. The third kappa shape index (κ3) is 2.08. The highest BCUT2D eigenvalue weighted by atomic mass is 15.4. The van der Waals surface area contributed by atoms with E-state index in [4.69, 9.17) is 0 Å². The number of aryl methyl sites for hydroxylation is 1. The van der Waals surface area contributed by atoms with Crippen LogP contribution < -0.4 is 0 Å². The van der Waals surface area contributed by atoms with Crippen LogP contribution in [0.4, 0.5) is 0 Å². The van der Waals surface area contributed by atoms with E-state index in [0.717, 1.165) is 18.6 Å². The van der Waals surface area contributed by atoms with E-state index in [-0.39, 0.29) is 0 Å². The molecule has 100 valence electrons. The van der Waals surface area contributed by atoms with Crippen LogP contribution in [0.15, 0.2) is 12.4 Å². The van der Waals surface area contributed by atoms with Gasteiger partial charge in [0.1, 0.15) is 0 Å². The van der Waals surface area contributed by atoms with E-state index in [9.17, 15) is 0 Å². The van der Waals surface area contributed by atoms with Gasteiger partial charge < -0.3 is 0 Å². The molecular formula is C14H24N4. The normalized spacial score (nSPS) is 29.3. The second kappa shape index (κ2) is 4.07. The van der Waals surface area contributed by atoms with Crippen molar-refractivity contribution < 1.29 is 0 Å². The topological polar surface area (TPSA) is 24.3 Å². The van der Waals surface area contributed by atoms with E-state index in [1.165, 1.54) is 25.1 Å². The van der Waals surface area contributed by atoms with Gasteiger partial charge in [0.05, 0.1) is 6.20 Å². The summed E-state index contributed by atoms with van der Waals surface area (Å²) < 4.78 is 1.90. The van der Waals surface area contributed by atoms with Crippen LogP contribution in [-0.2, 0) is 13.6 Å². The van der Waals surface area contributed by atoms with Gasteiger partial charge in [0.15, 0.2) is 0 Å². The lowest BCUT2D eigenvalue weighted by atomic mass is 9.84. The molecule has 18 heavy (non-hydrogen) atoms. The Bertz CT molecular complexity index is 419. The summed E-state index contributed by atoms with van der Waals surface area (Å²) in [5.74, 6) is 0. The van der Waals surface area contributed by atoms with Gasteiger partial charge in [0.2, 0.25) is 0 Å². The van der Waals surface area contributed by atoms with Gasteiger partial charge in [-0.15, -0.1) is 0 Å². The number of fused-ring (bicyclic) bond motifs is 2. The molecule has 0 radical (unpaired) electrons. The third-order valence-corrected chi connectivity index (χ3v) is 4.42. The van der Waals surface area contributed by atoms with Crippen LogP contribution in [0.5, 0.6) is 0 Å². The Kier molecular flexibility index (Phi) is 2.75. The number of nitrogens with zero attached hydrogens (tertiary/aromatic N) is 4. The molecule has 1 aromatic rings. The molecule has 0 saturated carbocycles. The molecule has 1 aromatic heterocycles. The van der Waals surface area contributed by atoms with Gasteiger partial charge in [-0.1, -0.05) is 0 Å². The highest BCUT2D eigenvalue weighted by Crippen LogP contribution is 2.36. The average Bonchev–Trinajstić information content (AvgIpc) is 2.71. The van der Waals surface area contributed by atoms with Crippen molar-refractivity contribution in [2.24, 2.45) is 7.05 Å². The predicted molar refractivity (Wildman–Crippen MR) is 72.3 cm³/mol. The van der Waals surface area contributed by atoms with E-state index in [0.29, 0.717) is 5.54 Å². The standard InChI is InChI=1S/C14H24N4/c1-14(2,3)17-9-12-5-13(10-17)18(12)8-11-6-15-16(4)7-11/h6-7,12-13H,5,8-10H2,1-4H3. The van der Waals surface area contributed by atoms with Crippen LogP contribution in [0.25, 0.3) is 0 Å². The van der Waals surface area contributed by atoms with Crippen molar-refractivity contribution in [2.45, 2.75) is 51.4 Å². The van der Waals surface area contributed by atoms with Gasteiger partial charge >= 0.3 is 0 Å². The van der Waals surface area contributed by atoms with Crippen molar-refractivity contribution in [3.05, 3.63) is 18.0 Å².